The van der Waals surface area contributed by atoms with Crippen LogP contribution in [0.15, 0.2) is 45.6 Å². The van der Waals surface area contributed by atoms with E-state index in [-0.39, 0.29) is 11.1 Å². The first-order chi connectivity index (χ1) is 15.1. The summed E-state index contributed by atoms with van der Waals surface area (Å²) < 4.78 is 11.0. The molecule has 0 amide bonds. The SMILES string of the molecule is COc1ccc2oc3c(=O)[nH]c(-c4ccc(NCC5CCNCC5)cc4Cl)nc3c2c1. The van der Waals surface area contributed by atoms with Gasteiger partial charge >= 0.3 is 0 Å². The molecule has 0 saturated carbocycles. The van der Waals surface area contributed by atoms with Crippen LogP contribution in [0.4, 0.5) is 5.69 Å². The number of rotatable bonds is 5. The van der Waals surface area contributed by atoms with Crippen molar-refractivity contribution in [3.8, 4) is 17.1 Å². The number of furan rings is 1. The van der Waals surface area contributed by atoms with Crippen molar-refractivity contribution in [3.63, 3.8) is 0 Å². The van der Waals surface area contributed by atoms with Crippen LogP contribution < -0.4 is 20.9 Å². The lowest BCUT2D eigenvalue weighted by Crippen LogP contribution is -2.31. The zero-order valence-electron chi connectivity index (χ0n) is 17.1. The first kappa shape index (κ1) is 19.9. The number of ether oxygens (including phenoxy) is 1. The second-order valence-corrected chi connectivity index (χ2v) is 8.23. The number of halogens is 1. The van der Waals surface area contributed by atoms with Gasteiger partial charge in [-0.1, -0.05) is 11.6 Å². The maximum absolute atomic E-state index is 12.7. The summed E-state index contributed by atoms with van der Waals surface area (Å²) in [5.41, 5.74) is 2.51. The molecule has 31 heavy (non-hydrogen) atoms. The Balaban J connectivity index is 1.48. The fraction of sp³-hybridized carbons (Fsp3) is 0.304. The molecule has 3 N–H and O–H groups in total. The number of fused-ring (bicyclic) bond motifs is 3. The van der Waals surface area contributed by atoms with E-state index < -0.39 is 0 Å². The largest absolute Gasteiger partial charge is 0.497 e. The Morgan fingerprint density at radius 1 is 1.23 bits per heavy atom. The van der Waals surface area contributed by atoms with Gasteiger partial charge < -0.3 is 24.8 Å². The molecule has 2 aromatic heterocycles. The van der Waals surface area contributed by atoms with E-state index in [1.807, 2.05) is 24.3 Å². The molecule has 160 valence electrons. The van der Waals surface area contributed by atoms with Gasteiger partial charge in [-0.2, -0.15) is 0 Å². The molecule has 3 heterocycles. The van der Waals surface area contributed by atoms with Crippen molar-refractivity contribution in [3.05, 3.63) is 51.8 Å². The number of H-pyrrole nitrogens is 1. The molecule has 0 bridgehead atoms. The molecule has 7 nitrogen and oxygen atoms in total. The molecule has 8 heteroatoms. The van der Waals surface area contributed by atoms with Crippen molar-refractivity contribution in [1.82, 2.24) is 15.3 Å². The second kappa shape index (κ2) is 8.24. The highest BCUT2D eigenvalue weighted by molar-refractivity contribution is 6.33. The van der Waals surface area contributed by atoms with E-state index >= 15 is 0 Å². The Kier molecular flexibility index (Phi) is 5.29. The number of methoxy groups -OCH3 is 1. The molecule has 1 saturated heterocycles. The van der Waals surface area contributed by atoms with Gasteiger partial charge in [-0.05, 0) is 68.2 Å². The van der Waals surface area contributed by atoms with Crippen molar-refractivity contribution in [2.24, 2.45) is 5.92 Å². The fourth-order valence-electron chi connectivity index (χ4n) is 4.05. The Bertz CT molecular complexity index is 1310. The third-order valence-electron chi connectivity index (χ3n) is 5.81. The highest BCUT2D eigenvalue weighted by atomic mass is 35.5. The minimum atomic E-state index is -0.348. The first-order valence-electron chi connectivity index (χ1n) is 10.4. The highest BCUT2D eigenvalue weighted by Crippen LogP contribution is 2.32. The summed E-state index contributed by atoms with van der Waals surface area (Å²) in [7, 11) is 1.59. The standard InChI is InChI=1S/C23H23ClN4O3/c1-30-15-3-5-19-17(11-15)20-21(31-19)23(29)28-22(27-20)16-4-2-14(10-18(16)24)26-12-13-6-8-25-9-7-13/h2-5,10-11,13,25-26H,6-9,12H2,1H3,(H,27,28,29). The number of benzene rings is 2. The van der Waals surface area contributed by atoms with Crippen molar-refractivity contribution in [2.45, 2.75) is 12.8 Å². The second-order valence-electron chi connectivity index (χ2n) is 7.83. The maximum atomic E-state index is 12.7. The quantitative estimate of drug-likeness (QED) is 0.427. The van der Waals surface area contributed by atoms with Gasteiger partial charge in [0, 0.05) is 17.8 Å². The Hall–Kier alpha value is -3.03. The van der Waals surface area contributed by atoms with Crippen LogP contribution in [-0.2, 0) is 0 Å². The van der Waals surface area contributed by atoms with Crippen molar-refractivity contribution in [1.29, 1.82) is 0 Å². The average molecular weight is 439 g/mol. The molecule has 0 atom stereocenters. The monoisotopic (exact) mass is 438 g/mol. The normalized spacial score (nSPS) is 14.9. The Labute approximate surface area is 183 Å². The molecule has 0 spiro atoms. The molecule has 5 rings (SSSR count). The average Bonchev–Trinajstić information content (AvgIpc) is 3.17. The summed E-state index contributed by atoms with van der Waals surface area (Å²) in [4.78, 5) is 20.1. The predicted octanol–water partition coefficient (Wildman–Crippen LogP) is 4.41. The topological polar surface area (TPSA) is 92.2 Å². The highest BCUT2D eigenvalue weighted by Gasteiger charge is 2.17. The van der Waals surface area contributed by atoms with Gasteiger partial charge in [-0.15, -0.1) is 0 Å². The van der Waals surface area contributed by atoms with E-state index in [1.54, 1.807) is 19.2 Å². The first-order valence-corrected chi connectivity index (χ1v) is 10.8. The summed E-state index contributed by atoms with van der Waals surface area (Å²) in [5, 5.41) is 8.09. The van der Waals surface area contributed by atoms with Gasteiger partial charge in [0.2, 0.25) is 5.58 Å². The van der Waals surface area contributed by atoms with E-state index in [1.165, 1.54) is 12.8 Å². The smallest absolute Gasteiger partial charge is 0.294 e. The zero-order chi connectivity index (χ0) is 21.4. The van der Waals surface area contributed by atoms with Gasteiger partial charge in [-0.3, -0.25) is 4.79 Å². The number of aromatic nitrogens is 2. The number of anilines is 1. The zero-order valence-corrected chi connectivity index (χ0v) is 17.9. The molecule has 0 unspecified atom stereocenters. The molecule has 4 aromatic rings. The number of nitrogens with zero attached hydrogens (tertiary/aromatic N) is 1. The molecule has 2 aromatic carbocycles. The number of aromatic amines is 1. The molecular formula is C23H23ClN4O3. The van der Waals surface area contributed by atoms with Crippen LogP contribution in [0.5, 0.6) is 5.75 Å². The summed E-state index contributed by atoms with van der Waals surface area (Å²) in [5.74, 6) is 1.73. The number of hydrogen-bond acceptors (Lipinski definition) is 6. The molecule has 0 radical (unpaired) electrons. The summed E-state index contributed by atoms with van der Waals surface area (Å²) >= 11 is 6.57. The lowest BCUT2D eigenvalue weighted by molar-refractivity contribution is 0.390. The number of piperidine rings is 1. The fourth-order valence-corrected chi connectivity index (χ4v) is 4.32. The van der Waals surface area contributed by atoms with Gasteiger partial charge in [-0.25, -0.2) is 4.98 Å². The van der Waals surface area contributed by atoms with Crippen molar-refractivity contribution in [2.75, 3.05) is 32.1 Å². The van der Waals surface area contributed by atoms with Crippen LogP contribution in [-0.4, -0.2) is 36.7 Å². The van der Waals surface area contributed by atoms with Gasteiger partial charge in [0.25, 0.3) is 5.56 Å². The Morgan fingerprint density at radius 2 is 2.06 bits per heavy atom. The molecule has 1 aliphatic heterocycles. The van der Waals surface area contributed by atoms with E-state index in [0.29, 0.717) is 39.2 Å². The van der Waals surface area contributed by atoms with Crippen LogP contribution in [0.1, 0.15) is 12.8 Å². The van der Waals surface area contributed by atoms with E-state index in [9.17, 15) is 4.79 Å². The lowest BCUT2D eigenvalue weighted by Gasteiger charge is -2.23. The van der Waals surface area contributed by atoms with E-state index in [2.05, 4.69) is 20.6 Å². The minimum Gasteiger partial charge on any atom is -0.497 e. The molecule has 1 fully saturated rings. The van der Waals surface area contributed by atoms with Crippen molar-refractivity contribution >= 4 is 39.4 Å². The van der Waals surface area contributed by atoms with Gasteiger partial charge in [0.15, 0.2) is 0 Å². The summed E-state index contributed by atoms with van der Waals surface area (Å²) in [6, 6.07) is 11.1. The number of hydrogen-bond donors (Lipinski definition) is 3. The third-order valence-corrected chi connectivity index (χ3v) is 6.12. The van der Waals surface area contributed by atoms with E-state index in [4.69, 9.17) is 20.8 Å². The number of nitrogens with one attached hydrogen (secondary N) is 3. The van der Waals surface area contributed by atoms with Crippen LogP contribution >= 0.6 is 11.6 Å². The Morgan fingerprint density at radius 3 is 2.84 bits per heavy atom. The molecular weight excluding hydrogens is 416 g/mol. The van der Waals surface area contributed by atoms with Crippen LogP contribution in [0.25, 0.3) is 33.5 Å². The van der Waals surface area contributed by atoms with Gasteiger partial charge in [0.1, 0.15) is 22.7 Å². The third kappa shape index (κ3) is 3.86. The molecule has 1 aliphatic rings. The van der Waals surface area contributed by atoms with Crippen LogP contribution in [0, 0.1) is 5.92 Å². The molecule has 0 aliphatic carbocycles. The summed E-state index contributed by atoms with van der Waals surface area (Å²) in [6.07, 6.45) is 2.35. The van der Waals surface area contributed by atoms with Crippen LogP contribution in [0.2, 0.25) is 5.02 Å². The van der Waals surface area contributed by atoms with Gasteiger partial charge in [0.05, 0.1) is 17.5 Å². The van der Waals surface area contributed by atoms with E-state index in [0.717, 1.165) is 30.7 Å². The summed E-state index contributed by atoms with van der Waals surface area (Å²) in [6.45, 7) is 3.06. The van der Waals surface area contributed by atoms with Crippen molar-refractivity contribution < 1.29 is 9.15 Å². The predicted molar refractivity (Wildman–Crippen MR) is 123 cm³/mol. The maximum Gasteiger partial charge on any atom is 0.294 e. The minimum absolute atomic E-state index is 0.184. The lowest BCUT2D eigenvalue weighted by atomic mass is 9.98. The van der Waals surface area contributed by atoms with Crippen LogP contribution in [0.3, 0.4) is 0 Å².